The van der Waals surface area contributed by atoms with Gasteiger partial charge < -0.3 is 14.7 Å². The van der Waals surface area contributed by atoms with Crippen LogP contribution in [0.5, 0.6) is 0 Å². The highest BCUT2D eigenvalue weighted by atomic mass is 16.6. The molecule has 3 aromatic rings. The minimum Gasteiger partial charge on any atom is -0.443 e. The Bertz CT molecular complexity index is 1410. The predicted molar refractivity (Wildman–Crippen MR) is 171 cm³/mol. The number of carbonyl (C=O) groups excluding carboxylic acids is 2. The Morgan fingerprint density at radius 2 is 1.48 bits per heavy atom. The lowest BCUT2D eigenvalue weighted by molar-refractivity contribution is -0.137. The van der Waals surface area contributed by atoms with Crippen LogP contribution in [0.25, 0.3) is 22.3 Å². The molecular weight excluding hydrogens is 526 g/mol. The molecule has 2 heterocycles. The molecule has 0 saturated heterocycles. The van der Waals surface area contributed by atoms with Gasteiger partial charge in [-0.25, -0.2) is 14.3 Å². The molecule has 3 rings (SSSR count). The van der Waals surface area contributed by atoms with Gasteiger partial charge in [0.25, 0.3) is 0 Å². The zero-order valence-electron chi connectivity index (χ0n) is 27.8. The maximum Gasteiger partial charge on any atom is 0.420 e. The number of fused-ring (bicyclic) bond motifs is 1. The number of pyridine rings is 1. The van der Waals surface area contributed by atoms with Crippen LogP contribution in [0.1, 0.15) is 97.4 Å². The van der Waals surface area contributed by atoms with Gasteiger partial charge in [0.2, 0.25) is 5.91 Å². The second-order valence-corrected chi connectivity index (χ2v) is 14.3. The first-order valence-corrected chi connectivity index (χ1v) is 15.1. The average molecular weight is 578 g/mol. The van der Waals surface area contributed by atoms with Crippen molar-refractivity contribution in [2.45, 2.75) is 100 Å². The molecule has 0 fully saturated rings. The number of nitrogens with zero attached hydrogens (tertiary/aromatic N) is 3. The second-order valence-electron chi connectivity index (χ2n) is 14.3. The first kappa shape index (κ1) is 33.3. The highest BCUT2D eigenvalue weighted by Gasteiger charge is 2.36. The normalized spacial score (nSPS) is 13.2. The molecule has 0 spiro atoms. The van der Waals surface area contributed by atoms with E-state index in [4.69, 9.17) is 9.72 Å². The molecule has 1 amide bonds. The van der Waals surface area contributed by atoms with E-state index >= 15 is 0 Å². The molecule has 1 N–H and O–H groups in total. The molecule has 0 aliphatic rings. The van der Waals surface area contributed by atoms with Crippen LogP contribution in [-0.2, 0) is 14.9 Å². The van der Waals surface area contributed by atoms with Gasteiger partial charge >= 0.3 is 6.09 Å². The van der Waals surface area contributed by atoms with Crippen molar-refractivity contribution in [1.82, 2.24) is 14.5 Å². The summed E-state index contributed by atoms with van der Waals surface area (Å²) in [5.74, 6) is 0.416. The van der Waals surface area contributed by atoms with Gasteiger partial charge in [-0.1, -0.05) is 51.8 Å². The Kier molecular flexibility index (Phi) is 9.98. The van der Waals surface area contributed by atoms with Gasteiger partial charge in [-0.15, -0.1) is 0 Å². The average Bonchev–Trinajstić information content (AvgIpc) is 3.20. The fourth-order valence-corrected chi connectivity index (χ4v) is 5.64. The summed E-state index contributed by atoms with van der Waals surface area (Å²) >= 11 is 0. The Hall–Kier alpha value is -3.19. The lowest BCUT2D eigenvalue weighted by Crippen LogP contribution is -2.46. The second kappa shape index (κ2) is 12.6. The van der Waals surface area contributed by atoms with E-state index in [-0.39, 0.29) is 18.4 Å². The van der Waals surface area contributed by atoms with Crippen molar-refractivity contribution in [1.29, 1.82) is 0 Å². The summed E-state index contributed by atoms with van der Waals surface area (Å²) in [5, 5.41) is 11.1. The SMILES string of the molecule is Cc1cc(C)cc(-c2c([C@H](C)CO)c3cc(C(C)(C)C(=O)N(CC(C)C)CC(C)C)cnc3n2C(=O)OC(C)(C)C)c1. The number of aromatic nitrogens is 2. The number of aliphatic hydroxyl groups is 1. The van der Waals surface area contributed by atoms with E-state index in [1.165, 1.54) is 0 Å². The molecule has 42 heavy (non-hydrogen) atoms. The number of amides is 1. The van der Waals surface area contributed by atoms with Gasteiger partial charge in [0.1, 0.15) is 11.2 Å². The van der Waals surface area contributed by atoms with Crippen molar-refractivity contribution in [3.8, 4) is 11.3 Å². The van der Waals surface area contributed by atoms with Crippen LogP contribution in [-0.4, -0.2) is 56.9 Å². The standard InChI is InChI=1S/C35H51N3O4/c1-21(2)18-37(19-22(3)4)32(40)35(11,12)27-16-28-29(25(7)20-39)30(26-14-23(5)13-24(6)15-26)38(31(28)36-17-27)33(41)42-34(8,9)10/h13-17,21-22,25,39H,18-20H2,1-12H3/t25-/m1/s1. The van der Waals surface area contributed by atoms with Crippen molar-refractivity contribution < 1.29 is 19.4 Å². The van der Waals surface area contributed by atoms with E-state index in [2.05, 4.69) is 33.8 Å². The summed E-state index contributed by atoms with van der Waals surface area (Å²) in [4.78, 5) is 34.7. The molecule has 1 aromatic carbocycles. The fraction of sp³-hybridized carbons (Fsp3) is 0.571. The van der Waals surface area contributed by atoms with E-state index in [1.807, 2.05) is 78.5 Å². The molecule has 0 unspecified atom stereocenters. The first-order chi connectivity index (χ1) is 19.4. The van der Waals surface area contributed by atoms with Crippen LogP contribution >= 0.6 is 0 Å². The summed E-state index contributed by atoms with van der Waals surface area (Å²) in [6.07, 6.45) is 1.18. The number of ether oxygens (including phenoxy) is 1. The highest BCUT2D eigenvalue weighted by molar-refractivity contribution is 5.99. The maximum atomic E-state index is 14.1. The molecule has 0 saturated carbocycles. The number of benzene rings is 1. The highest BCUT2D eigenvalue weighted by Crippen LogP contribution is 2.40. The van der Waals surface area contributed by atoms with Crippen LogP contribution in [0.15, 0.2) is 30.5 Å². The molecule has 2 aromatic heterocycles. The molecule has 0 bridgehead atoms. The number of carbonyl (C=O) groups is 2. The Morgan fingerprint density at radius 3 is 1.95 bits per heavy atom. The van der Waals surface area contributed by atoms with Gasteiger partial charge in [-0.05, 0) is 95.2 Å². The Morgan fingerprint density at radius 1 is 0.929 bits per heavy atom. The van der Waals surface area contributed by atoms with Crippen molar-refractivity contribution in [2.75, 3.05) is 19.7 Å². The van der Waals surface area contributed by atoms with Gasteiger partial charge in [0.15, 0.2) is 0 Å². The van der Waals surface area contributed by atoms with E-state index in [0.717, 1.165) is 33.2 Å². The van der Waals surface area contributed by atoms with E-state index < -0.39 is 17.1 Å². The number of hydrogen-bond acceptors (Lipinski definition) is 5. The van der Waals surface area contributed by atoms with Crippen molar-refractivity contribution in [3.05, 3.63) is 52.7 Å². The third-order valence-electron chi connectivity index (χ3n) is 7.40. The van der Waals surface area contributed by atoms with Crippen LogP contribution in [0.2, 0.25) is 0 Å². The molecule has 7 heteroatoms. The maximum absolute atomic E-state index is 14.1. The zero-order valence-corrected chi connectivity index (χ0v) is 27.8. The summed E-state index contributed by atoms with van der Waals surface area (Å²) in [5.41, 5.74) is 4.06. The smallest absolute Gasteiger partial charge is 0.420 e. The van der Waals surface area contributed by atoms with Crippen molar-refractivity contribution in [3.63, 3.8) is 0 Å². The Balaban J connectivity index is 2.36. The summed E-state index contributed by atoms with van der Waals surface area (Å²) in [6, 6.07) is 8.15. The molecule has 1 atom stereocenters. The van der Waals surface area contributed by atoms with Crippen molar-refractivity contribution >= 4 is 23.0 Å². The van der Waals surface area contributed by atoms with E-state index in [9.17, 15) is 14.7 Å². The van der Waals surface area contributed by atoms with Crippen molar-refractivity contribution in [2.24, 2.45) is 11.8 Å². The Labute approximate surface area is 252 Å². The lowest BCUT2D eigenvalue weighted by Gasteiger charge is -2.34. The topological polar surface area (TPSA) is 84.7 Å². The van der Waals surface area contributed by atoms with Crippen LogP contribution in [0.4, 0.5) is 4.79 Å². The minimum atomic E-state index is -0.862. The van der Waals surface area contributed by atoms with Gasteiger partial charge in [-0.2, -0.15) is 0 Å². The molecular formula is C35H51N3O4. The summed E-state index contributed by atoms with van der Waals surface area (Å²) in [6.45, 7) is 25.1. The zero-order chi connectivity index (χ0) is 31.7. The van der Waals surface area contributed by atoms with Gasteiger partial charge in [-0.3, -0.25) is 4.79 Å². The molecule has 0 aliphatic heterocycles. The van der Waals surface area contributed by atoms with Crippen LogP contribution in [0.3, 0.4) is 0 Å². The summed E-state index contributed by atoms with van der Waals surface area (Å²) in [7, 11) is 0. The van der Waals surface area contributed by atoms with Gasteiger partial charge in [0, 0.05) is 37.2 Å². The number of aliphatic hydroxyl groups excluding tert-OH is 1. The third kappa shape index (κ3) is 7.23. The van der Waals surface area contributed by atoms with E-state index in [1.54, 1.807) is 10.8 Å². The summed E-state index contributed by atoms with van der Waals surface area (Å²) < 4.78 is 7.42. The van der Waals surface area contributed by atoms with Crippen LogP contribution < -0.4 is 0 Å². The third-order valence-corrected chi connectivity index (χ3v) is 7.40. The predicted octanol–water partition coefficient (Wildman–Crippen LogP) is 7.62. The minimum absolute atomic E-state index is 0.0453. The number of aryl methyl sites for hydroxylation is 2. The van der Waals surface area contributed by atoms with Gasteiger partial charge in [0.05, 0.1) is 11.1 Å². The van der Waals surface area contributed by atoms with E-state index in [0.29, 0.717) is 36.3 Å². The largest absolute Gasteiger partial charge is 0.443 e. The number of hydrogen-bond donors (Lipinski definition) is 1. The molecule has 230 valence electrons. The molecule has 0 radical (unpaired) electrons. The first-order valence-electron chi connectivity index (χ1n) is 15.1. The fourth-order valence-electron chi connectivity index (χ4n) is 5.64. The molecule has 7 nitrogen and oxygen atoms in total. The van der Waals surface area contributed by atoms with Crippen LogP contribution in [0, 0.1) is 25.7 Å². The quantitative estimate of drug-likeness (QED) is 0.283. The monoisotopic (exact) mass is 577 g/mol. The molecule has 0 aliphatic carbocycles. The number of rotatable bonds is 9. The lowest BCUT2D eigenvalue weighted by atomic mass is 9.82.